The normalized spacial score (nSPS) is 11.3. The van der Waals surface area contributed by atoms with Gasteiger partial charge in [-0.3, -0.25) is 0 Å². The van der Waals surface area contributed by atoms with Crippen LogP contribution in [-0.4, -0.2) is 15.0 Å². The maximum absolute atomic E-state index is 11.9. The van der Waals surface area contributed by atoms with Crippen LogP contribution < -0.4 is 14.6 Å². The Labute approximate surface area is 143 Å². The number of aryl methyl sites for hydroxylation is 1. The molecule has 0 aliphatic heterocycles. The summed E-state index contributed by atoms with van der Waals surface area (Å²) in [7, 11) is -3.93. The third kappa shape index (κ3) is 4.49. The fourth-order valence-corrected chi connectivity index (χ4v) is 3.00. The molecule has 0 atom stereocenters. The van der Waals surface area contributed by atoms with Crippen LogP contribution in [0.4, 0.5) is 0 Å². The minimum absolute atomic E-state index is 0.0811. The van der Waals surface area contributed by atoms with E-state index in [1.54, 1.807) is 12.1 Å². The van der Waals surface area contributed by atoms with E-state index in [1.165, 1.54) is 6.07 Å². The van der Waals surface area contributed by atoms with Gasteiger partial charge in [0.05, 0.1) is 6.61 Å². The van der Waals surface area contributed by atoms with E-state index in [-0.39, 0.29) is 10.6 Å². The third-order valence-electron chi connectivity index (χ3n) is 3.41. The van der Waals surface area contributed by atoms with E-state index in [4.69, 9.17) is 14.6 Å². The van der Waals surface area contributed by atoms with Gasteiger partial charge in [-0.15, -0.1) is 0 Å². The molecule has 130 valence electrons. The van der Waals surface area contributed by atoms with Crippen molar-refractivity contribution < 1.29 is 17.9 Å². The minimum atomic E-state index is -3.93. The van der Waals surface area contributed by atoms with Crippen molar-refractivity contribution in [3.8, 4) is 17.2 Å². The second-order valence-electron chi connectivity index (χ2n) is 5.44. The van der Waals surface area contributed by atoms with E-state index < -0.39 is 10.0 Å². The van der Waals surface area contributed by atoms with Crippen LogP contribution in [0.5, 0.6) is 17.2 Å². The van der Waals surface area contributed by atoms with Crippen LogP contribution >= 0.6 is 0 Å². The molecular weight excluding hydrogens is 326 g/mol. The molecule has 0 radical (unpaired) electrons. The first kappa shape index (κ1) is 18.3. The van der Waals surface area contributed by atoms with Crippen molar-refractivity contribution in [1.29, 1.82) is 0 Å². The van der Waals surface area contributed by atoms with Gasteiger partial charge in [0.1, 0.15) is 10.6 Å². The Morgan fingerprint density at radius 1 is 0.958 bits per heavy atom. The van der Waals surface area contributed by atoms with Crippen LogP contribution in [0.2, 0.25) is 0 Å². The van der Waals surface area contributed by atoms with Crippen LogP contribution in [0.1, 0.15) is 32.3 Å². The maximum atomic E-state index is 11.9. The van der Waals surface area contributed by atoms with Crippen LogP contribution in [0.25, 0.3) is 0 Å². The molecule has 6 heteroatoms. The van der Waals surface area contributed by atoms with Gasteiger partial charge in [0, 0.05) is 0 Å². The molecule has 2 rings (SSSR count). The average Bonchev–Trinajstić information content (AvgIpc) is 2.54. The lowest BCUT2D eigenvalue weighted by Gasteiger charge is -2.17. The zero-order valence-electron chi connectivity index (χ0n) is 14.0. The third-order valence-corrected chi connectivity index (χ3v) is 4.35. The van der Waals surface area contributed by atoms with E-state index in [0.717, 1.165) is 24.8 Å². The van der Waals surface area contributed by atoms with Gasteiger partial charge in [-0.2, -0.15) is 0 Å². The number of hydrogen-bond donors (Lipinski definition) is 1. The molecule has 0 aliphatic carbocycles. The second-order valence-corrected chi connectivity index (χ2v) is 6.97. The van der Waals surface area contributed by atoms with Crippen molar-refractivity contribution >= 4 is 10.0 Å². The SMILES string of the molecule is CCCOc1cccc(S(N)(=O)=O)c1Oc1ccccc1CCC. The number of ether oxygens (including phenoxy) is 2. The Bertz CT molecular complexity index is 787. The van der Waals surface area contributed by atoms with Crippen LogP contribution in [0, 0.1) is 0 Å². The van der Waals surface area contributed by atoms with Crippen LogP contribution in [0.3, 0.4) is 0 Å². The van der Waals surface area contributed by atoms with Crippen molar-refractivity contribution in [2.24, 2.45) is 5.14 Å². The fourth-order valence-electron chi connectivity index (χ4n) is 2.34. The van der Waals surface area contributed by atoms with Gasteiger partial charge in [0.25, 0.3) is 0 Å². The van der Waals surface area contributed by atoms with Crippen molar-refractivity contribution in [1.82, 2.24) is 0 Å². The highest BCUT2D eigenvalue weighted by Gasteiger charge is 2.21. The predicted octanol–water partition coefficient (Wildman–Crippen LogP) is 3.87. The molecule has 0 spiro atoms. The van der Waals surface area contributed by atoms with Crippen LogP contribution in [0.15, 0.2) is 47.4 Å². The summed E-state index contributed by atoms with van der Waals surface area (Å²) in [4.78, 5) is -0.0811. The first-order valence-corrected chi connectivity index (χ1v) is 9.56. The lowest BCUT2D eigenvalue weighted by Crippen LogP contribution is -2.14. The highest BCUT2D eigenvalue weighted by Crippen LogP contribution is 2.38. The fraction of sp³-hybridized carbons (Fsp3) is 0.333. The van der Waals surface area contributed by atoms with Crippen molar-refractivity contribution in [2.75, 3.05) is 6.61 Å². The Kier molecular flexibility index (Phi) is 6.23. The Hall–Kier alpha value is -2.05. The molecule has 0 aromatic heterocycles. The number of primary sulfonamides is 1. The molecule has 0 saturated heterocycles. The summed E-state index contributed by atoms with van der Waals surface area (Å²) in [5.74, 6) is 1.11. The molecule has 0 fully saturated rings. The number of para-hydroxylation sites is 2. The molecular formula is C18H23NO4S. The first-order valence-electron chi connectivity index (χ1n) is 8.01. The maximum Gasteiger partial charge on any atom is 0.241 e. The standard InChI is InChI=1S/C18H23NO4S/c1-3-8-14-9-5-6-10-15(14)23-18-16(22-13-4-2)11-7-12-17(18)24(19,20)21/h5-7,9-12H,3-4,8,13H2,1-2H3,(H2,19,20,21). The largest absolute Gasteiger partial charge is 0.490 e. The lowest BCUT2D eigenvalue weighted by molar-refractivity contribution is 0.299. The summed E-state index contributed by atoms with van der Waals surface area (Å²) in [5.41, 5.74) is 1.01. The minimum Gasteiger partial charge on any atom is -0.490 e. The van der Waals surface area contributed by atoms with Gasteiger partial charge in [0.2, 0.25) is 10.0 Å². The number of rotatable bonds is 8. The lowest BCUT2D eigenvalue weighted by atomic mass is 10.1. The zero-order chi connectivity index (χ0) is 17.6. The summed E-state index contributed by atoms with van der Waals surface area (Å²) in [6, 6.07) is 12.3. The molecule has 0 saturated carbocycles. The molecule has 0 unspecified atom stereocenters. The molecule has 0 bridgehead atoms. The quantitative estimate of drug-likeness (QED) is 0.785. The average molecular weight is 349 g/mol. The Balaban J connectivity index is 2.51. The van der Waals surface area contributed by atoms with Gasteiger partial charge in [-0.1, -0.05) is 44.5 Å². The predicted molar refractivity (Wildman–Crippen MR) is 94.1 cm³/mol. The number of nitrogens with two attached hydrogens (primary N) is 1. The van der Waals surface area contributed by atoms with Gasteiger partial charge in [-0.25, -0.2) is 13.6 Å². The van der Waals surface area contributed by atoms with Gasteiger partial charge in [0.15, 0.2) is 11.5 Å². The molecule has 0 aliphatic rings. The number of hydrogen-bond acceptors (Lipinski definition) is 4. The van der Waals surface area contributed by atoms with Gasteiger partial charge >= 0.3 is 0 Å². The van der Waals surface area contributed by atoms with E-state index in [1.807, 2.05) is 31.2 Å². The van der Waals surface area contributed by atoms with E-state index in [2.05, 4.69) is 6.92 Å². The summed E-state index contributed by atoms with van der Waals surface area (Å²) in [5, 5.41) is 5.34. The van der Waals surface area contributed by atoms with Crippen molar-refractivity contribution in [3.63, 3.8) is 0 Å². The van der Waals surface area contributed by atoms with Crippen molar-refractivity contribution in [2.45, 2.75) is 38.0 Å². The molecule has 24 heavy (non-hydrogen) atoms. The first-order chi connectivity index (χ1) is 11.5. The van der Waals surface area contributed by atoms with E-state index in [9.17, 15) is 8.42 Å². The van der Waals surface area contributed by atoms with Crippen molar-refractivity contribution in [3.05, 3.63) is 48.0 Å². The highest BCUT2D eigenvalue weighted by atomic mass is 32.2. The highest BCUT2D eigenvalue weighted by molar-refractivity contribution is 7.89. The van der Waals surface area contributed by atoms with E-state index >= 15 is 0 Å². The van der Waals surface area contributed by atoms with Gasteiger partial charge in [-0.05, 0) is 36.6 Å². The monoisotopic (exact) mass is 349 g/mol. The molecule has 0 heterocycles. The smallest absolute Gasteiger partial charge is 0.241 e. The summed E-state index contributed by atoms with van der Waals surface area (Å²) >= 11 is 0. The summed E-state index contributed by atoms with van der Waals surface area (Å²) < 4.78 is 35.5. The molecule has 2 aromatic rings. The molecule has 2 aromatic carbocycles. The number of benzene rings is 2. The topological polar surface area (TPSA) is 78.6 Å². The summed E-state index contributed by atoms with van der Waals surface area (Å²) in [6.07, 6.45) is 2.58. The number of sulfonamides is 1. The summed E-state index contributed by atoms with van der Waals surface area (Å²) in [6.45, 7) is 4.51. The molecule has 2 N–H and O–H groups in total. The molecule has 0 amide bonds. The Morgan fingerprint density at radius 3 is 2.33 bits per heavy atom. The van der Waals surface area contributed by atoms with Gasteiger partial charge < -0.3 is 9.47 Å². The second kappa shape index (κ2) is 8.17. The van der Waals surface area contributed by atoms with Crippen LogP contribution in [-0.2, 0) is 16.4 Å². The Morgan fingerprint density at radius 2 is 1.67 bits per heavy atom. The molecule has 5 nitrogen and oxygen atoms in total. The van der Waals surface area contributed by atoms with E-state index in [0.29, 0.717) is 18.1 Å². The zero-order valence-corrected chi connectivity index (χ0v) is 14.8.